The maximum absolute atomic E-state index is 12.9. The number of amides is 1. The molecule has 2 N–H and O–H groups in total. The number of aromatic nitrogens is 2. The van der Waals surface area contributed by atoms with Gasteiger partial charge in [-0.15, -0.1) is 11.3 Å². The fourth-order valence-corrected chi connectivity index (χ4v) is 4.40. The molecule has 5 nitrogen and oxygen atoms in total. The highest BCUT2D eigenvalue weighted by Gasteiger charge is 2.22. The van der Waals surface area contributed by atoms with Crippen LogP contribution in [0.1, 0.15) is 44.9 Å². The van der Waals surface area contributed by atoms with Crippen LogP contribution >= 0.6 is 11.3 Å². The van der Waals surface area contributed by atoms with Crippen LogP contribution < -0.4 is 10.6 Å². The highest BCUT2D eigenvalue weighted by molar-refractivity contribution is 7.16. The van der Waals surface area contributed by atoms with Crippen molar-refractivity contribution < 1.29 is 4.79 Å². The van der Waals surface area contributed by atoms with E-state index >= 15 is 0 Å². The van der Waals surface area contributed by atoms with E-state index in [1.807, 2.05) is 61.5 Å². The molecule has 1 amide bonds. The third-order valence-electron chi connectivity index (χ3n) is 4.98. The Morgan fingerprint density at radius 3 is 2.52 bits per heavy atom. The summed E-state index contributed by atoms with van der Waals surface area (Å²) in [5.41, 5.74) is 3.83. The summed E-state index contributed by atoms with van der Waals surface area (Å²) in [5.74, 6) is 0.667. The fraction of sp³-hybridized carbons (Fsp3) is 0.160. The highest BCUT2D eigenvalue weighted by atomic mass is 32.1. The summed E-state index contributed by atoms with van der Waals surface area (Å²) in [4.78, 5) is 22.7. The van der Waals surface area contributed by atoms with Crippen molar-refractivity contribution in [1.82, 2.24) is 9.97 Å². The van der Waals surface area contributed by atoms with E-state index in [-0.39, 0.29) is 11.9 Å². The maximum atomic E-state index is 12.9. The standard InChI is InChI=1S/C25H24N4OS/c1-3-20-16-21(25(31-20)29-24(30)19-7-5-4-6-8-19)23(18-10-12-26-13-11-18)28-22-15-17(2)9-14-27-22/h4-16,23H,3H2,1-2H3,(H,27,28)(H,29,30). The number of anilines is 2. The third kappa shape index (κ3) is 4.98. The lowest BCUT2D eigenvalue weighted by molar-refractivity contribution is 0.102. The molecule has 0 aliphatic heterocycles. The van der Waals surface area contributed by atoms with Gasteiger partial charge in [0.15, 0.2) is 0 Å². The fourth-order valence-electron chi connectivity index (χ4n) is 3.37. The Morgan fingerprint density at radius 2 is 1.81 bits per heavy atom. The molecule has 0 saturated heterocycles. The Balaban J connectivity index is 1.73. The summed E-state index contributed by atoms with van der Waals surface area (Å²) in [6, 6.07) is 19.2. The molecule has 4 aromatic rings. The van der Waals surface area contributed by atoms with Gasteiger partial charge in [0, 0.05) is 34.6 Å². The van der Waals surface area contributed by atoms with E-state index in [2.05, 4.69) is 33.6 Å². The van der Waals surface area contributed by atoms with E-state index < -0.39 is 0 Å². The monoisotopic (exact) mass is 428 g/mol. The lowest BCUT2D eigenvalue weighted by Crippen LogP contribution is -2.17. The number of nitrogens with one attached hydrogen (secondary N) is 2. The van der Waals surface area contributed by atoms with Crippen LogP contribution in [0.5, 0.6) is 0 Å². The molecule has 156 valence electrons. The van der Waals surface area contributed by atoms with Crippen molar-refractivity contribution >= 4 is 28.1 Å². The van der Waals surface area contributed by atoms with Crippen molar-refractivity contribution in [2.75, 3.05) is 10.6 Å². The van der Waals surface area contributed by atoms with Gasteiger partial charge in [0.25, 0.3) is 5.91 Å². The van der Waals surface area contributed by atoms with Crippen molar-refractivity contribution in [2.45, 2.75) is 26.3 Å². The molecule has 0 spiro atoms. The molecular weight excluding hydrogens is 404 g/mol. The average molecular weight is 429 g/mol. The molecule has 4 rings (SSSR count). The molecular formula is C25H24N4OS. The minimum absolute atomic E-state index is 0.117. The van der Waals surface area contributed by atoms with Crippen LogP contribution in [0.15, 0.2) is 79.3 Å². The van der Waals surface area contributed by atoms with Crippen molar-refractivity contribution in [3.8, 4) is 0 Å². The van der Waals surface area contributed by atoms with Crippen LogP contribution in [0.3, 0.4) is 0 Å². The Morgan fingerprint density at radius 1 is 1.03 bits per heavy atom. The van der Waals surface area contributed by atoms with Gasteiger partial charge in [-0.25, -0.2) is 4.98 Å². The molecule has 31 heavy (non-hydrogen) atoms. The first-order valence-corrected chi connectivity index (χ1v) is 11.0. The largest absolute Gasteiger partial charge is 0.359 e. The molecule has 0 aliphatic carbocycles. The Kier molecular flexibility index (Phi) is 6.38. The van der Waals surface area contributed by atoms with Gasteiger partial charge in [-0.05, 0) is 66.9 Å². The molecule has 1 aromatic carbocycles. The highest BCUT2D eigenvalue weighted by Crippen LogP contribution is 2.38. The molecule has 0 saturated carbocycles. The topological polar surface area (TPSA) is 66.9 Å². The van der Waals surface area contributed by atoms with Crippen molar-refractivity contribution in [3.63, 3.8) is 0 Å². The lowest BCUT2D eigenvalue weighted by atomic mass is 10.0. The van der Waals surface area contributed by atoms with Gasteiger partial charge < -0.3 is 10.6 Å². The average Bonchev–Trinajstić information content (AvgIpc) is 3.21. The van der Waals surface area contributed by atoms with Crippen LogP contribution in [-0.4, -0.2) is 15.9 Å². The minimum atomic E-state index is -0.181. The van der Waals surface area contributed by atoms with Crippen molar-refractivity contribution in [2.24, 2.45) is 0 Å². The summed E-state index contributed by atoms with van der Waals surface area (Å²) in [6.45, 7) is 4.16. The number of thiophene rings is 1. The number of benzene rings is 1. The van der Waals surface area contributed by atoms with Gasteiger partial charge in [0.05, 0.1) is 6.04 Å². The molecule has 0 radical (unpaired) electrons. The van der Waals surface area contributed by atoms with Gasteiger partial charge >= 0.3 is 0 Å². The van der Waals surface area contributed by atoms with Gasteiger partial charge in [0.1, 0.15) is 10.8 Å². The molecule has 0 fully saturated rings. The summed E-state index contributed by atoms with van der Waals surface area (Å²) in [5, 5.41) is 7.53. The van der Waals surface area contributed by atoms with Crippen LogP contribution in [0.4, 0.5) is 10.8 Å². The SMILES string of the molecule is CCc1cc(C(Nc2cc(C)ccn2)c2ccncc2)c(NC(=O)c2ccccc2)s1. The van der Waals surface area contributed by atoms with E-state index in [9.17, 15) is 4.79 Å². The first kappa shape index (κ1) is 20.8. The Bertz CT molecular complexity index is 1160. The molecule has 0 bridgehead atoms. The predicted octanol–water partition coefficient (Wildman–Crippen LogP) is 5.86. The van der Waals surface area contributed by atoms with E-state index in [0.717, 1.165) is 33.9 Å². The molecule has 3 aromatic heterocycles. The van der Waals surface area contributed by atoms with Gasteiger partial charge in [-0.1, -0.05) is 25.1 Å². The van der Waals surface area contributed by atoms with E-state index in [0.29, 0.717) is 5.56 Å². The number of carbonyl (C=O) groups excluding carboxylic acids is 1. The number of carbonyl (C=O) groups is 1. The number of hydrogen-bond acceptors (Lipinski definition) is 5. The number of hydrogen-bond donors (Lipinski definition) is 2. The molecule has 1 unspecified atom stereocenters. The summed E-state index contributed by atoms with van der Waals surface area (Å²) < 4.78 is 0. The van der Waals surface area contributed by atoms with E-state index in [4.69, 9.17) is 0 Å². The summed E-state index contributed by atoms with van der Waals surface area (Å²) >= 11 is 1.61. The van der Waals surface area contributed by atoms with Crippen LogP contribution in [0.25, 0.3) is 0 Å². The Hall–Kier alpha value is -3.51. The van der Waals surface area contributed by atoms with Crippen molar-refractivity contribution in [1.29, 1.82) is 0 Å². The predicted molar refractivity (Wildman–Crippen MR) is 127 cm³/mol. The maximum Gasteiger partial charge on any atom is 0.256 e. The van der Waals surface area contributed by atoms with Gasteiger partial charge in [0.2, 0.25) is 0 Å². The second kappa shape index (κ2) is 9.53. The van der Waals surface area contributed by atoms with E-state index in [1.165, 1.54) is 4.88 Å². The first-order valence-electron chi connectivity index (χ1n) is 10.2. The molecule has 6 heteroatoms. The number of pyridine rings is 2. The van der Waals surface area contributed by atoms with Crippen molar-refractivity contribution in [3.05, 3.63) is 106 Å². The minimum Gasteiger partial charge on any atom is -0.359 e. The summed E-state index contributed by atoms with van der Waals surface area (Å²) in [6.07, 6.45) is 6.25. The first-order chi connectivity index (χ1) is 15.1. The Labute approximate surface area is 186 Å². The zero-order valence-corrected chi connectivity index (χ0v) is 18.3. The second-order valence-electron chi connectivity index (χ2n) is 7.25. The van der Waals surface area contributed by atoms with Gasteiger partial charge in [-0.2, -0.15) is 0 Å². The van der Waals surface area contributed by atoms with Gasteiger partial charge in [-0.3, -0.25) is 9.78 Å². The van der Waals surface area contributed by atoms with Crippen LogP contribution in [0, 0.1) is 6.92 Å². The quantitative estimate of drug-likeness (QED) is 0.387. The zero-order chi connectivity index (χ0) is 21.6. The second-order valence-corrected chi connectivity index (χ2v) is 8.38. The van der Waals surface area contributed by atoms with E-state index in [1.54, 1.807) is 29.9 Å². The molecule has 0 aliphatic rings. The lowest BCUT2D eigenvalue weighted by Gasteiger charge is -2.21. The summed E-state index contributed by atoms with van der Waals surface area (Å²) in [7, 11) is 0. The molecule has 1 atom stereocenters. The third-order valence-corrected chi connectivity index (χ3v) is 6.19. The number of aryl methyl sites for hydroxylation is 2. The normalized spacial score (nSPS) is 11.7. The molecule has 3 heterocycles. The zero-order valence-electron chi connectivity index (χ0n) is 17.5. The van der Waals surface area contributed by atoms with Crippen LogP contribution in [0.2, 0.25) is 0 Å². The van der Waals surface area contributed by atoms with Crippen LogP contribution in [-0.2, 0) is 6.42 Å². The number of nitrogens with zero attached hydrogens (tertiary/aromatic N) is 2. The number of rotatable bonds is 7. The smallest absolute Gasteiger partial charge is 0.256 e.